The van der Waals surface area contributed by atoms with Gasteiger partial charge in [-0.3, -0.25) is 0 Å². The lowest BCUT2D eigenvalue weighted by atomic mass is 9.88. The van der Waals surface area contributed by atoms with Crippen LogP contribution in [0.4, 0.5) is 6.01 Å². The molecule has 0 saturated heterocycles. The maximum Gasteiger partial charge on any atom is 0.315 e. The second-order valence-corrected chi connectivity index (χ2v) is 8.18. The van der Waals surface area contributed by atoms with Gasteiger partial charge in [-0.25, -0.2) is 0 Å². The number of hydrogen-bond donors (Lipinski definition) is 2. The summed E-state index contributed by atoms with van der Waals surface area (Å²) in [4.78, 5) is 0. The van der Waals surface area contributed by atoms with Gasteiger partial charge < -0.3 is 15.1 Å². The molecule has 0 bridgehead atoms. The van der Waals surface area contributed by atoms with Crippen molar-refractivity contribution in [2.24, 2.45) is 0 Å². The first-order valence-electron chi connectivity index (χ1n) is 7.79. The van der Waals surface area contributed by atoms with Gasteiger partial charge in [-0.1, -0.05) is 24.4 Å². The lowest BCUT2D eigenvalue weighted by Crippen LogP contribution is -2.35. The Balaban J connectivity index is 1.84. The molecule has 0 unspecified atom stereocenters. The summed E-state index contributed by atoms with van der Waals surface area (Å²) in [6.45, 7) is 7.86. The Morgan fingerprint density at radius 3 is 2.52 bits per heavy atom. The van der Waals surface area contributed by atoms with Gasteiger partial charge in [-0.15, -0.1) is 5.10 Å². The molecule has 0 radical (unpaired) electrons. The molecule has 1 saturated carbocycles. The molecule has 21 heavy (non-hydrogen) atoms. The largest absolute Gasteiger partial charge is 0.407 e. The monoisotopic (exact) mass is 312 g/mol. The summed E-state index contributed by atoms with van der Waals surface area (Å²) in [6, 6.07) is 0.541. The molecule has 1 fully saturated rings. The topological polar surface area (TPSA) is 63.0 Å². The van der Waals surface area contributed by atoms with Gasteiger partial charge in [-0.2, -0.15) is 11.8 Å². The Morgan fingerprint density at radius 2 is 1.90 bits per heavy atom. The van der Waals surface area contributed by atoms with Crippen LogP contribution in [0.15, 0.2) is 4.42 Å². The average Bonchev–Trinajstić information content (AvgIpc) is 2.91. The zero-order chi connectivity index (χ0) is 15.3. The van der Waals surface area contributed by atoms with Crippen LogP contribution < -0.4 is 10.6 Å². The molecule has 6 heteroatoms. The van der Waals surface area contributed by atoms with Gasteiger partial charge in [-0.05, 0) is 39.9 Å². The Kier molecular flexibility index (Phi) is 5.54. The molecule has 2 N–H and O–H groups in total. The normalized spacial score (nSPS) is 18.7. The van der Waals surface area contributed by atoms with Crippen LogP contribution in [0, 0.1) is 0 Å². The fourth-order valence-corrected chi connectivity index (χ4v) is 3.54. The molecule has 0 amide bonds. The van der Waals surface area contributed by atoms with Gasteiger partial charge >= 0.3 is 6.01 Å². The molecule has 1 heterocycles. The number of thioether (sulfide) groups is 1. The standard InChI is InChI=1S/C15H28N4OS/c1-14(2,3)17-10-12-18-19-13(20-12)16-11-15(21-4)8-6-5-7-9-15/h17H,5-11H2,1-4H3,(H,16,19). The van der Waals surface area contributed by atoms with Gasteiger partial charge in [0.25, 0.3) is 0 Å². The summed E-state index contributed by atoms with van der Waals surface area (Å²) in [7, 11) is 0. The lowest BCUT2D eigenvalue weighted by Gasteiger charge is -2.35. The van der Waals surface area contributed by atoms with Crippen LogP contribution in [0.3, 0.4) is 0 Å². The highest BCUT2D eigenvalue weighted by Gasteiger charge is 2.31. The van der Waals surface area contributed by atoms with E-state index in [0.717, 1.165) is 6.54 Å². The number of rotatable bonds is 6. The molecular formula is C15H28N4OS. The Hall–Kier alpha value is -0.750. The lowest BCUT2D eigenvalue weighted by molar-refractivity contribution is 0.381. The first kappa shape index (κ1) is 16.6. The highest BCUT2D eigenvalue weighted by molar-refractivity contribution is 8.00. The van der Waals surface area contributed by atoms with E-state index in [1.807, 2.05) is 11.8 Å². The summed E-state index contributed by atoms with van der Waals surface area (Å²) < 4.78 is 5.98. The smallest absolute Gasteiger partial charge is 0.315 e. The fraction of sp³-hybridized carbons (Fsp3) is 0.867. The molecule has 1 aliphatic carbocycles. The van der Waals surface area contributed by atoms with Crippen molar-refractivity contribution in [1.82, 2.24) is 15.5 Å². The molecule has 0 aliphatic heterocycles. The highest BCUT2D eigenvalue weighted by atomic mass is 32.2. The van der Waals surface area contributed by atoms with Crippen LogP contribution >= 0.6 is 11.8 Å². The van der Waals surface area contributed by atoms with Gasteiger partial charge in [0, 0.05) is 16.8 Å². The summed E-state index contributed by atoms with van der Waals surface area (Å²) in [5.41, 5.74) is 0.0487. The molecule has 5 nitrogen and oxygen atoms in total. The second-order valence-electron chi connectivity index (χ2n) is 6.91. The van der Waals surface area contributed by atoms with Gasteiger partial charge in [0.15, 0.2) is 0 Å². The molecule has 120 valence electrons. The van der Waals surface area contributed by atoms with Crippen LogP contribution in [0.5, 0.6) is 0 Å². The van der Waals surface area contributed by atoms with Crippen LogP contribution in [0.25, 0.3) is 0 Å². The number of aromatic nitrogens is 2. The van der Waals surface area contributed by atoms with Gasteiger partial charge in [0.1, 0.15) is 0 Å². The van der Waals surface area contributed by atoms with E-state index in [1.165, 1.54) is 32.1 Å². The van der Waals surface area contributed by atoms with Crippen molar-refractivity contribution in [3.05, 3.63) is 5.89 Å². The quantitative estimate of drug-likeness (QED) is 0.839. The second kappa shape index (κ2) is 7.01. The maximum absolute atomic E-state index is 5.65. The predicted octanol–water partition coefficient (Wildman–Crippen LogP) is 3.44. The van der Waals surface area contributed by atoms with Crippen molar-refractivity contribution in [2.75, 3.05) is 18.1 Å². The molecule has 1 aromatic heterocycles. The summed E-state index contributed by atoms with van der Waals surface area (Å²) in [6.07, 6.45) is 8.77. The van der Waals surface area contributed by atoms with Crippen LogP contribution in [-0.4, -0.2) is 33.3 Å². The maximum atomic E-state index is 5.65. The van der Waals surface area contributed by atoms with Crippen molar-refractivity contribution < 1.29 is 4.42 Å². The number of nitrogens with zero attached hydrogens (tertiary/aromatic N) is 2. The van der Waals surface area contributed by atoms with Gasteiger partial charge in [0.05, 0.1) is 6.54 Å². The molecule has 2 rings (SSSR count). The van der Waals surface area contributed by atoms with Crippen LogP contribution in [-0.2, 0) is 6.54 Å². The minimum atomic E-state index is 0.0487. The van der Waals surface area contributed by atoms with Crippen molar-refractivity contribution >= 4 is 17.8 Å². The van der Waals surface area contributed by atoms with Crippen molar-refractivity contribution in [1.29, 1.82) is 0 Å². The van der Waals surface area contributed by atoms with E-state index in [2.05, 4.69) is 47.9 Å². The first-order valence-corrected chi connectivity index (χ1v) is 9.01. The predicted molar refractivity (Wildman–Crippen MR) is 88.7 cm³/mol. The summed E-state index contributed by atoms with van der Waals surface area (Å²) >= 11 is 1.97. The van der Waals surface area contributed by atoms with E-state index in [9.17, 15) is 0 Å². The third-order valence-electron chi connectivity index (χ3n) is 4.00. The Labute approximate surface area is 132 Å². The van der Waals surface area contributed by atoms with Crippen molar-refractivity contribution in [3.63, 3.8) is 0 Å². The molecule has 0 atom stereocenters. The minimum absolute atomic E-state index is 0.0487. The number of anilines is 1. The van der Waals surface area contributed by atoms with E-state index in [1.54, 1.807) is 0 Å². The van der Waals surface area contributed by atoms with Crippen molar-refractivity contribution in [3.8, 4) is 0 Å². The average molecular weight is 312 g/mol. The van der Waals surface area contributed by atoms with Crippen LogP contribution in [0.2, 0.25) is 0 Å². The van der Waals surface area contributed by atoms with E-state index in [-0.39, 0.29) is 5.54 Å². The highest BCUT2D eigenvalue weighted by Crippen LogP contribution is 2.38. The summed E-state index contributed by atoms with van der Waals surface area (Å²) in [5.74, 6) is 0.634. The number of nitrogens with one attached hydrogen (secondary N) is 2. The van der Waals surface area contributed by atoms with E-state index >= 15 is 0 Å². The fourth-order valence-electron chi connectivity index (χ4n) is 2.62. The SMILES string of the molecule is CSC1(CNc2nnc(CNC(C)(C)C)o2)CCCCC1. The molecule has 1 aliphatic rings. The minimum Gasteiger partial charge on any atom is -0.407 e. The van der Waals surface area contributed by atoms with E-state index in [0.29, 0.717) is 23.2 Å². The Morgan fingerprint density at radius 1 is 1.19 bits per heavy atom. The van der Waals surface area contributed by atoms with Crippen molar-refractivity contribution in [2.45, 2.75) is 69.7 Å². The summed E-state index contributed by atoms with van der Waals surface area (Å²) in [5, 5.41) is 14.9. The zero-order valence-corrected chi connectivity index (χ0v) is 14.5. The van der Waals surface area contributed by atoms with Crippen LogP contribution in [0.1, 0.15) is 58.8 Å². The number of hydrogen-bond acceptors (Lipinski definition) is 6. The zero-order valence-electron chi connectivity index (χ0n) is 13.7. The van der Waals surface area contributed by atoms with E-state index in [4.69, 9.17) is 4.42 Å². The Bertz CT molecular complexity index is 435. The third-order valence-corrected chi connectivity index (χ3v) is 5.41. The van der Waals surface area contributed by atoms with Gasteiger partial charge in [0.2, 0.25) is 5.89 Å². The van der Waals surface area contributed by atoms with E-state index < -0.39 is 0 Å². The molecule has 0 spiro atoms. The molecule has 0 aromatic carbocycles. The first-order chi connectivity index (χ1) is 9.92. The third kappa shape index (κ3) is 5.18. The molecule has 1 aromatic rings. The molecular weight excluding hydrogens is 284 g/mol.